The van der Waals surface area contributed by atoms with Gasteiger partial charge >= 0.3 is 5.69 Å². The maximum Gasteiger partial charge on any atom is 0.350 e. The van der Waals surface area contributed by atoms with Gasteiger partial charge in [-0.1, -0.05) is 6.07 Å². The van der Waals surface area contributed by atoms with Crippen molar-refractivity contribution in [3.63, 3.8) is 0 Å². The van der Waals surface area contributed by atoms with E-state index in [0.29, 0.717) is 24.0 Å². The molecule has 7 heteroatoms. The van der Waals surface area contributed by atoms with E-state index in [4.69, 9.17) is 5.73 Å². The summed E-state index contributed by atoms with van der Waals surface area (Å²) in [7, 11) is 0. The Morgan fingerprint density at radius 2 is 2.18 bits per heavy atom. The number of carbonyl (C=O) groups is 1. The summed E-state index contributed by atoms with van der Waals surface area (Å²) in [6, 6.07) is 5.55. The summed E-state index contributed by atoms with van der Waals surface area (Å²) in [4.78, 5) is 26.5. The lowest BCUT2D eigenvalue weighted by Crippen LogP contribution is -2.37. The number of nitrogens with zero attached hydrogens (tertiary/aromatic N) is 4. The van der Waals surface area contributed by atoms with Gasteiger partial charge in [-0.05, 0) is 36.8 Å². The van der Waals surface area contributed by atoms with Crippen molar-refractivity contribution >= 4 is 11.6 Å². The van der Waals surface area contributed by atoms with Crippen molar-refractivity contribution in [2.75, 3.05) is 13.1 Å². The minimum atomic E-state index is -0.278. The number of nitrogens with two attached hydrogens (primary N) is 1. The van der Waals surface area contributed by atoms with E-state index in [-0.39, 0.29) is 24.2 Å². The lowest BCUT2D eigenvalue weighted by atomic mass is 9.98. The fourth-order valence-electron chi connectivity index (χ4n) is 3.81. The molecule has 7 nitrogen and oxygen atoms in total. The number of pyridine rings is 1. The van der Waals surface area contributed by atoms with Crippen molar-refractivity contribution < 1.29 is 4.79 Å². The summed E-state index contributed by atoms with van der Waals surface area (Å²) < 4.78 is 2.69. The maximum atomic E-state index is 12.5. The summed E-state index contributed by atoms with van der Waals surface area (Å²) in [5.74, 6) is 0.894. The lowest BCUT2D eigenvalue weighted by Gasteiger charge is -2.18. The van der Waals surface area contributed by atoms with E-state index in [1.165, 1.54) is 9.08 Å². The molecular weight excluding hydrogens is 282 g/mol. The van der Waals surface area contributed by atoms with Gasteiger partial charge < -0.3 is 10.6 Å². The highest BCUT2D eigenvalue weighted by molar-refractivity contribution is 5.76. The molecule has 4 rings (SSSR count). The number of hydrogen-bond acceptors (Lipinski definition) is 4. The molecule has 0 spiro atoms. The largest absolute Gasteiger partial charge is 0.350 e. The Morgan fingerprint density at radius 1 is 1.32 bits per heavy atom. The van der Waals surface area contributed by atoms with Crippen molar-refractivity contribution in [2.45, 2.75) is 25.4 Å². The fraction of sp³-hybridized carbons (Fsp3) is 0.533. The highest BCUT2D eigenvalue weighted by atomic mass is 16.2. The molecule has 2 N–H and O–H groups in total. The molecule has 2 aliphatic rings. The van der Waals surface area contributed by atoms with Crippen LogP contribution in [0.15, 0.2) is 29.2 Å². The first-order chi connectivity index (χ1) is 10.6. The number of rotatable bonds is 2. The van der Waals surface area contributed by atoms with Gasteiger partial charge in [0.1, 0.15) is 6.54 Å². The molecule has 3 unspecified atom stereocenters. The highest BCUT2D eigenvalue weighted by Crippen LogP contribution is 2.37. The normalized spacial score (nSPS) is 27.5. The summed E-state index contributed by atoms with van der Waals surface area (Å²) in [5, 5.41) is 4.21. The SMILES string of the molecule is NC1CCC2CN(C(=O)Cn3nc4ccccn4c3=O)CC12. The first-order valence-electron chi connectivity index (χ1n) is 7.71. The van der Waals surface area contributed by atoms with Gasteiger partial charge in [-0.25, -0.2) is 9.48 Å². The van der Waals surface area contributed by atoms with E-state index in [1.807, 2.05) is 11.0 Å². The average Bonchev–Trinajstić information content (AvgIpc) is 3.16. The van der Waals surface area contributed by atoms with Gasteiger partial charge in [0.05, 0.1) is 0 Å². The molecule has 0 bridgehead atoms. The second-order valence-corrected chi connectivity index (χ2v) is 6.33. The van der Waals surface area contributed by atoms with Crippen LogP contribution < -0.4 is 11.4 Å². The number of likely N-dealkylation sites (tertiary alicyclic amines) is 1. The standard InChI is InChI=1S/C15H19N5O2/c16-12-5-4-10-7-18(8-11(10)12)14(21)9-20-15(22)19-6-2-1-3-13(19)17-20/h1-3,6,10-12H,4-5,7-9,16H2. The number of amides is 1. The Kier molecular flexibility index (Phi) is 3.04. The molecule has 1 aliphatic carbocycles. The summed E-state index contributed by atoms with van der Waals surface area (Å²) in [5.41, 5.74) is 6.38. The van der Waals surface area contributed by atoms with Crippen molar-refractivity contribution in [3.05, 3.63) is 34.9 Å². The third-order valence-electron chi connectivity index (χ3n) is 5.04. The van der Waals surface area contributed by atoms with Gasteiger partial charge in [-0.2, -0.15) is 0 Å². The molecule has 2 fully saturated rings. The highest BCUT2D eigenvalue weighted by Gasteiger charge is 2.42. The first kappa shape index (κ1) is 13.5. The zero-order valence-corrected chi connectivity index (χ0v) is 12.3. The lowest BCUT2D eigenvalue weighted by molar-refractivity contribution is -0.131. The van der Waals surface area contributed by atoms with E-state index in [9.17, 15) is 9.59 Å². The molecule has 3 atom stereocenters. The molecule has 3 heterocycles. The molecule has 22 heavy (non-hydrogen) atoms. The van der Waals surface area contributed by atoms with Crippen LogP contribution in [0.1, 0.15) is 12.8 Å². The van der Waals surface area contributed by atoms with Gasteiger partial charge in [0.15, 0.2) is 5.65 Å². The third-order valence-corrected chi connectivity index (χ3v) is 5.04. The van der Waals surface area contributed by atoms with Crippen LogP contribution in [0.25, 0.3) is 5.65 Å². The van der Waals surface area contributed by atoms with Crippen LogP contribution in [0.5, 0.6) is 0 Å². The minimum Gasteiger partial charge on any atom is -0.340 e. The Labute approximate surface area is 127 Å². The third kappa shape index (κ3) is 2.04. The Hall–Kier alpha value is -2.15. The van der Waals surface area contributed by atoms with Gasteiger partial charge in [0.2, 0.25) is 5.91 Å². The molecule has 0 radical (unpaired) electrons. The van der Waals surface area contributed by atoms with Crippen LogP contribution in [0.3, 0.4) is 0 Å². The number of fused-ring (bicyclic) bond motifs is 2. The monoisotopic (exact) mass is 301 g/mol. The van der Waals surface area contributed by atoms with E-state index in [2.05, 4.69) is 5.10 Å². The van der Waals surface area contributed by atoms with Crippen molar-refractivity contribution in [3.8, 4) is 0 Å². The second kappa shape index (κ2) is 4.95. The zero-order valence-electron chi connectivity index (χ0n) is 12.3. The van der Waals surface area contributed by atoms with Gasteiger partial charge in [0.25, 0.3) is 0 Å². The van der Waals surface area contributed by atoms with E-state index < -0.39 is 0 Å². The van der Waals surface area contributed by atoms with Crippen molar-refractivity contribution in [1.29, 1.82) is 0 Å². The van der Waals surface area contributed by atoms with Crippen LogP contribution in [0.2, 0.25) is 0 Å². The molecule has 1 saturated carbocycles. The quantitative estimate of drug-likeness (QED) is 0.824. The Balaban J connectivity index is 1.52. The summed E-state index contributed by atoms with van der Waals surface area (Å²) in [6.07, 6.45) is 3.82. The van der Waals surface area contributed by atoms with Crippen LogP contribution in [0.4, 0.5) is 0 Å². The maximum absolute atomic E-state index is 12.5. The van der Waals surface area contributed by atoms with Gasteiger partial charge in [-0.15, -0.1) is 5.10 Å². The molecule has 116 valence electrons. The van der Waals surface area contributed by atoms with Crippen molar-refractivity contribution in [2.24, 2.45) is 17.6 Å². The molecule has 2 aromatic rings. The van der Waals surface area contributed by atoms with E-state index >= 15 is 0 Å². The molecule has 2 aromatic heterocycles. The number of aromatic nitrogens is 3. The summed E-state index contributed by atoms with van der Waals surface area (Å²) in [6.45, 7) is 1.47. The molecule has 1 saturated heterocycles. The van der Waals surface area contributed by atoms with Crippen LogP contribution in [-0.4, -0.2) is 44.1 Å². The molecule has 0 aromatic carbocycles. The average molecular weight is 301 g/mol. The van der Waals surface area contributed by atoms with Gasteiger partial charge in [0, 0.05) is 25.3 Å². The second-order valence-electron chi connectivity index (χ2n) is 6.33. The number of hydrogen-bond donors (Lipinski definition) is 1. The predicted molar refractivity (Wildman–Crippen MR) is 80.2 cm³/mol. The predicted octanol–water partition coefficient (Wildman–Crippen LogP) is -0.308. The van der Waals surface area contributed by atoms with E-state index in [0.717, 1.165) is 19.4 Å². The fourth-order valence-corrected chi connectivity index (χ4v) is 3.81. The van der Waals surface area contributed by atoms with Crippen molar-refractivity contribution in [1.82, 2.24) is 19.1 Å². The molecular formula is C15H19N5O2. The summed E-state index contributed by atoms with van der Waals surface area (Å²) >= 11 is 0. The Morgan fingerprint density at radius 3 is 2.95 bits per heavy atom. The zero-order chi connectivity index (χ0) is 15.3. The van der Waals surface area contributed by atoms with Crippen LogP contribution in [-0.2, 0) is 11.3 Å². The van der Waals surface area contributed by atoms with Crippen LogP contribution in [0, 0.1) is 11.8 Å². The molecule has 1 amide bonds. The van der Waals surface area contributed by atoms with Gasteiger partial charge in [-0.3, -0.25) is 9.20 Å². The minimum absolute atomic E-state index is 0.00477. The molecule has 1 aliphatic heterocycles. The Bertz CT molecular complexity index is 780. The first-order valence-corrected chi connectivity index (χ1v) is 7.71. The number of carbonyl (C=O) groups excluding carboxylic acids is 1. The van der Waals surface area contributed by atoms with E-state index in [1.54, 1.807) is 18.3 Å². The smallest absolute Gasteiger partial charge is 0.340 e. The topological polar surface area (TPSA) is 85.6 Å². The van der Waals surface area contributed by atoms with Crippen LogP contribution >= 0.6 is 0 Å².